The van der Waals surface area contributed by atoms with Crippen molar-refractivity contribution < 1.29 is 13.6 Å². The largest absolute Gasteiger partial charge is 0.451 e. The van der Waals surface area contributed by atoms with Crippen LogP contribution in [0.5, 0.6) is 0 Å². The third-order valence-electron chi connectivity index (χ3n) is 5.00. The molecule has 1 amide bonds. The van der Waals surface area contributed by atoms with Crippen molar-refractivity contribution >= 4 is 50.4 Å². The smallest absolute Gasteiger partial charge is 0.293 e. The molecule has 0 spiro atoms. The van der Waals surface area contributed by atoms with Gasteiger partial charge < -0.3 is 14.2 Å². The highest BCUT2D eigenvalue weighted by Crippen LogP contribution is 2.24. The first-order chi connectivity index (χ1) is 16.5. The van der Waals surface area contributed by atoms with Crippen molar-refractivity contribution in [3.8, 4) is 22.8 Å². The summed E-state index contributed by atoms with van der Waals surface area (Å²) in [5, 5.41) is 5.88. The van der Waals surface area contributed by atoms with Gasteiger partial charge in [-0.25, -0.2) is 4.98 Å². The molecule has 0 aliphatic rings. The van der Waals surface area contributed by atoms with Gasteiger partial charge in [-0.05, 0) is 66.3 Å². The maximum absolute atomic E-state index is 12.5. The lowest BCUT2D eigenvalue weighted by Crippen LogP contribution is -2.38. The van der Waals surface area contributed by atoms with Crippen molar-refractivity contribution in [1.82, 2.24) is 20.6 Å². The second-order valence-corrected chi connectivity index (χ2v) is 8.67. The van der Waals surface area contributed by atoms with Crippen LogP contribution in [0.15, 0.2) is 92.3 Å². The Morgan fingerprint density at radius 3 is 2.47 bits per heavy atom. The molecular formula is C25H17BrN4O3S. The first kappa shape index (κ1) is 22.0. The number of rotatable bonds is 5. The second-order valence-electron chi connectivity index (χ2n) is 7.35. The minimum absolute atomic E-state index is 0.180. The fraction of sp³-hybridized carbons (Fsp3) is 0.0400. The molecule has 9 heteroatoms. The predicted octanol–water partition coefficient (Wildman–Crippen LogP) is 5.72. The van der Waals surface area contributed by atoms with Crippen LogP contribution in [-0.4, -0.2) is 21.0 Å². The van der Waals surface area contributed by atoms with E-state index in [0.717, 1.165) is 21.2 Å². The van der Waals surface area contributed by atoms with Crippen molar-refractivity contribution in [3.63, 3.8) is 0 Å². The Labute approximate surface area is 208 Å². The van der Waals surface area contributed by atoms with Crippen LogP contribution < -0.4 is 10.6 Å². The SMILES string of the molecule is O=C(NC(=S)NCc1ccc(-c2nc3ncccc3o2)cc1)c1ccc(-c2ccc(Br)cc2)o1. The van der Waals surface area contributed by atoms with Crippen molar-refractivity contribution in [2.45, 2.75) is 6.54 Å². The fourth-order valence-electron chi connectivity index (χ4n) is 3.28. The van der Waals surface area contributed by atoms with Gasteiger partial charge in [-0.15, -0.1) is 0 Å². The molecule has 0 aliphatic heterocycles. The molecule has 0 saturated heterocycles. The van der Waals surface area contributed by atoms with Crippen molar-refractivity contribution in [2.24, 2.45) is 0 Å². The number of furan rings is 1. The van der Waals surface area contributed by atoms with Gasteiger partial charge in [0.15, 0.2) is 22.1 Å². The minimum atomic E-state index is -0.416. The number of amides is 1. The number of thiocarbonyl (C=S) groups is 1. The molecule has 34 heavy (non-hydrogen) atoms. The van der Waals surface area contributed by atoms with Crippen LogP contribution in [0.25, 0.3) is 34.0 Å². The van der Waals surface area contributed by atoms with Gasteiger partial charge in [0.05, 0.1) is 0 Å². The lowest BCUT2D eigenvalue weighted by molar-refractivity contribution is 0.0950. The predicted molar refractivity (Wildman–Crippen MR) is 136 cm³/mol. The Kier molecular flexibility index (Phi) is 6.20. The molecule has 0 atom stereocenters. The van der Waals surface area contributed by atoms with Crippen LogP contribution in [0.4, 0.5) is 0 Å². The topological polar surface area (TPSA) is 93.2 Å². The molecular weight excluding hydrogens is 516 g/mol. The van der Waals surface area contributed by atoms with E-state index in [1.165, 1.54) is 0 Å². The van der Waals surface area contributed by atoms with Crippen molar-refractivity contribution in [2.75, 3.05) is 0 Å². The lowest BCUT2D eigenvalue weighted by Gasteiger charge is -2.09. The van der Waals surface area contributed by atoms with Gasteiger partial charge in [0.1, 0.15) is 5.76 Å². The fourth-order valence-corrected chi connectivity index (χ4v) is 3.71. The summed E-state index contributed by atoms with van der Waals surface area (Å²) in [7, 11) is 0. The zero-order valence-corrected chi connectivity index (χ0v) is 20.0. The standard InChI is InChI=1S/C25H17BrN4O3S/c26-18-9-7-16(8-10-18)19-11-12-21(32-19)23(31)30-25(34)28-14-15-3-5-17(6-4-15)24-29-22-20(33-24)2-1-13-27-22/h1-13H,14H2,(H2,28,30,31,34). The van der Waals surface area contributed by atoms with E-state index in [9.17, 15) is 4.79 Å². The number of nitrogens with one attached hydrogen (secondary N) is 2. The highest BCUT2D eigenvalue weighted by Gasteiger charge is 2.14. The third kappa shape index (κ3) is 4.90. The number of fused-ring (bicyclic) bond motifs is 1. The van der Waals surface area contributed by atoms with Gasteiger partial charge in [0.2, 0.25) is 5.89 Å². The zero-order chi connectivity index (χ0) is 23.5. The molecule has 2 N–H and O–H groups in total. The molecule has 3 heterocycles. The average molecular weight is 533 g/mol. The van der Waals surface area contributed by atoms with Gasteiger partial charge >= 0.3 is 0 Å². The first-order valence-electron chi connectivity index (χ1n) is 10.3. The Hall–Kier alpha value is -3.82. The number of nitrogens with zero attached hydrogens (tertiary/aromatic N) is 2. The Morgan fingerprint density at radius 1 is 0.941 bits per heavy atom. The molecule has 0 fully saturated rings. The van der Waals surface area contributed by atoms with Crippen LogP contribution in [0.2, 0.25) is 0 Å². The summed E-state index contributed by atoms with van der Waals surface area (Å²) < 4.78 is 12.4. The van der Waals surface area contributed by atoms with E-state index >= 15 is 0 Å². The molecule has 0 radical (unpaired) electrons. The van der Waals surface area contributed by atoms with E-state index in [0.29, 0.717) is 29.4 Å². The van der Waals surface area contributed by atoms with E-state index in [1.54, 1.807) is 24.4 Å². The normalized spacial score (nSPS) is 10.9. The summed E-state index contributed by atoms with van der Waals surface area (Å²) in [4.78, 5) is 21.1. The maximum atomic E-state index is 12.5. The molecule has 5 rings (SSSR count). The Balaban J connectivity index is 1.16. The number of pyridine rings is 1. The lowest BCUT2D eigenvalue weighted by atomic mass is 10.1. The van der Waals surface area contributed by atoms with E-state index in [-0.39, 0.29) is 10.9 Å². The summed E-state index contributed by atoms with van der Waals surface area (Å²) in [5.41, 5.74) is 3.91. The molecule has 0 unspecified atom stereocenters. The number of hydrogen-bond acceptors (Lipinski definition) is 6. The van der Waals surface area contributed by atoms with E-state index in [2.05, 4.69) is 36.5 Å². The third-order valence-corrected chi connectivity index (χ3v) is 5.78. The number of carbonyl (C=O) groups is 1. The van der Waals surface area contributed by atoms with Crippen molar-refractivity contribution in [1.29, 1.82) is 0 Å². The molecule has 0 aliphatic carbocycles. The maximum Gasteiger partial charge on any atom is 0.293 e. The monoisotopic (exact) mass is 532 g/mol. The highest BCUT2D eigenvalue weighted by atomic mass is 79.9. The Morgan fingerprint density at radius 2 is 1.71 bits per heavy atom. The van der Waals surface area contributed by atoms with Crippen LogP contribution >= 0.6 is 28.1 Å². The molecule has 7 nitrogen and oxygen atoms in total. The van der Waals surface area contributed by atoms with Crippen LogP contribution in [0.1, 0.15) is 16.1 Å². The quantitative estimate of drug-likeness (QED) is 0.279. The number of oxazole rings is 1. The van der Waals surface area contributed by atoms with E-state index in [4.69, 9.17) is 21.1 Å². The highest BCUT2D eigenvalue weighted by molar-refractivity contribution is 9.10. The van der Waals surface area contributed by atoms with E-state index < -0.39 is 5.91 Å². The minimum Gasteiger partial charge on any atom is -0.451 e. The van der Waals surface area contributed by atoms with E-state index in [1.807, 2.05) is 54.6 Å². The second kappa shape index (κ2) is 9.58. The molecule has 168 valence electrons. The molecule has 3 aromatic heterocycles. The van der Waals surface area contributed by atoms with Gasteiger partial charge in [0, 0.05) is 28.3 Å². The number of aromatic nitrogens is 2. The van der Waals surface area contributed by atoms with Crippen molar-refractivity contribution in [3.05, 3.63) is 94.8 Å². The summed E-state index contributed by atoms with van der Waals surface area (Å²) in [6, 6.07) is 22.3. The van der Waals surface area contributed by atoms with Crippen LogP contribution in [0.3, 0.4) is 0 Å². The van der Waals surface area contributed by atoms with Gasteiger partial charge in [-0.3, -0.25) is 10.1 Å². The number of hydrogen-bond donors (Lipinski definition) is 2. The van der Waals surface area contributed by atoms with Gasteiger partial charge in [-0.1, -0.05) is 40.2 Å². The molecule has 0 saturated carbocycles. The summed E-state index contributed by atoms with van der Waals surface area (Å²) in [6.45, 7) is 0.441. The number of benzene rings is 2. The first-order valence-corrected chi connectivity index (χ1v) is 11.5. The van der Waals surface area contributed by atoms with Crippen LogP contribution in [0, 0.1) is 0 Å². The molecule has 0 bridgehead atoms. The number of carbonyl (C=O) groups excluding carboxylic acids is 1. The average Bonchev–Trinajstić information content (AvgIpc) is 3.51. The molecule has 5 aromatic rings. The number of halogens is 1. The summed E-state index contributed by atoms with van der Waals surface area (Å²) in [6.07, 6.45) is 1.68. The van der Waals surface area contributed by atoms with Gasteiger partial charge in [-0.2, -0.15) is 4.98 Å². The van der Waals surface area contributed by atoms with Gasteiger partial charge in [0.25, 0.3) is 5.91 Å². The Bertz CT molecular complexity index is 1440. The summed E-state index contributed by atoms with van der Waals surface area (Å²) >= 11 is 8.66. The summed E-state index contributed by atoms with van der Waals surface area (Å²) in [5.74, 6) is 0.878. The van der Waals surface area contributed by atoms with Crippen LogP contribution in [-0.2, 0) is 6.54 Å². The zero-order valence-electron chi connectivity index (χ0n) is 17.6. The molecule has 2 aromatic carbocycles.